The monoisotopic (exact) mass is 466 g/mol. The molecule has 1 aromatic carbocycles. The maximum absolute atomic E-state index is 13.2. The smallest absolute Gasteiger partial charge is 0.265 e. The number of hydrogen-bond acceptors (Lipinski definition) is 8. The summed E-state index contributed by atoms with van der Waals surface area (Å²) in [6.07, 6.45) is 1.04. The van der Waals surface area contributed by atoms with Crippen molar-refractivity contribution in [3.8, 4) is 11.5 Å². The van der Waals surface area contributed by atoms with Gasteiger partial charge in [-0.2, -0.15) is 0 Å². The number of sulfone groups is 1. The molecule has 3 rings (SSSR count). The zero-order valence-corrected chi connectivity index (χ0v) is 19.1. The minimum atomic E-state index is -3.58. The molecule has 0 unspecified atom stereocenters. The van der Waals surface area contributed by atoms with Gasteiger partial charge in [-0.05, 0) is 24.6 Å². The van der Waals surface area contributed by atoms with Crippen LogP contribution in [0.3, 0.4) is 0 Å². The Bertz CT molecular complexity index is 1150. The van der Waals surface area contributed by atoms with Crippen LogP contribution in [0, 0.1) is 0 Å². The van der Waals surface area contributed by atoms with Crippen LogP contribution in [0.2, 0.25) is 0 Å². The number of fused-ring (bicyclic) bond motifs is 1. The Kier molecular flexibility index (Phi) is 6.37. The summed E-state index contributed by atoms with van der Waals surface area (Å²) < 4.78 is 35.2. The number of nitrogens with one attached hydrogen (secondary N) is 1. The Hall–Kier alpha value is -2.92. The number of anilines is 1. The number of benzene rings is 1. The van der Waals surface area contributed by atoms with Gasteiger partial charge in [0.1, 0.15) is 14.8 Å². The third-order valence-electron chi connectivity index (χ3n) is 4.61. The largest absolute Gasteiger partial charge is 0.493 e. The standard InChI is InChI=1S/C20H22N2O7S2/c1-5-29-16-8-12(6-7-15(16)28-3)14(10-31(4,26)27)22-19(24)13-9-30-18(21-11(2)23)17(13)20(22)25/h6-9,14H,5,10H2,1-4H3,(H,21,23)/t14-/m0/s1. The predicted octanol–water partition coefficient (Wildman–Crippen LogP) is 2.50. The molecule has 166 valence electrons. The summed E-state index contributed by atoms with van der Waals surface area (Å²) in [4.78, 5) is 38.7. The van der Waals surface area contributed by atoms with Crippen molar-refractivity contribution < 1.29 is 32.3 Å². The number of carbonyl (C=O) groups is 3. The summed E-state index contributed by atoms with van der Waals surface area (Å²) in [5.41, 5.74) is 0.615. The molecule has 1 aromatic heterocycles. The second-order valence-corrected chi connectivity index (χ2v) is 10.0. The van der Waals surface area contributed by atoms with Crippen molar-refractivity contribution in [1.82, 2.24) is 4.90 Å². The van der Waals surface area contributed by atoms with Gasteiger partial charge < -0.3 is 14.8 Å². The fraction of sp³-hybridized carbons (Fsp3) is 0.350. The van der Waals surface area contributed by atoms with Gasteiger partial charge >= 0.3 is 0 Å². The SMILES string of the molecule is CCOc1cc([C@H](CS(C)(=O)=O)N2C(=O)c3csc(NC(C)=O)c3C2=O)ccc1OC. The molecule has 0 fully saturated rings. The zero-order chi connectivity index (χ0) is 22.9. The van der Waals surface area contributed by atoms with Gasteiger partial charge in [-0.25, -0.2) is 8.42 Å². The lowest BCUT2D eigenvalue weighted by molar-refractivity contribution is -0.114. The summed E-state index contributed by atoms with van der Waals surface area (Å²) in [6, 6.07) is 3.68. The van der Waals surface area contributed by atoms with E-state index in [4.69, 9.17) is 9.47 Å². The van der Waals surface area contributed by atoms with E-state index in [9.17, 15) is 22.8 Å². The molecule has 9 nitrogen and oxygen atoms in total. The number of amides is 3. The first-order chi connectivity index (χ1) is 14.6. The molecule has 0 radical (unpaired) electrons. The number of rotatable bonds is 8. The van der Waals surface area contributed by atoms with E-state index in [2.05, 4.69) is 5.32 Å². The molecule has 31 heavy (non-hydrogen) atoms. The molecule has 1 aliphatic heterocycles. The number of ether oxygens (including phenoxy) is 2. The first-order valence-corrected chi connectivity index (χ1v) is 12.3. The van der Waals surface area contributed by atoms with Gasteiger partial charge in [0.05, 0.1) is 36.6 Å². The fourth-order valence-electron chi connectivity index (χ4n) is 3.38. The molecular weight excluding hydrogens is 444 g/mol. The summed E-state index contributed by atoms with van der Waals surface area (Å²) >= 11 is 1.07. The Morgan fingerprint density at radius 1 is 1.23 bits per heavy atom. The highest BCUT2D eigenvalue weighted by molar-refractivity contribution is 7.90. The van der Waals surface area contributed by atoms with Crippen LogP contribution in [0.4, 0.5) is 5.00 Å². The summed E-state index contributed by atoms with van der Waals surface area (Å²) in [5.74, 6) is -1.32. The lowest BCUT2D eigenvalue weighted by Gasteiger charge is -2.27. The highest BCUT2D eigenvalue weighted by atomic mass is 32.2. The van der Waals surface area contributed by atoms with E-state index in [1.807, 2.05) is 0 Å². The van der Waals surface area contributed by atoms with Crippen LogP contribution in [0.5, 0.6) is 11.5 Å². The van der Waals surface area contributed by atoms with Gasteiger partial charge in [0.15, 0.2) is 11.5 Å². The van der Waals surface area contributed by atoms with E-state index >= 15 is 0 Å². The second kappa shape index (κ2) is 8.67. The number of nitrogens with zero attached hydrogens (tertiary/aromatic N) is 1. The second-order valence-electron chi connectivity index (χ2n) is 6.97. The van der Waals surface area contributed by atoms with Gasteiger partial charge in [0.25, 0.3) is 11.8 Å². The highest BCUT2D eigenvalue weighted by Gasteiger charge is 2.44. The number of imide groups is 1. The number of methoxy groups -OCH3 is 1. The summed E-state index contributed by atoms with van der Waals surface area (Å²) in [7, 11) is -2.11. The Balaban J connectivity index is 2.09. The van der Waals surface area contributed by atoms with E-state index < -0.39 is 33.4 Å². The van der Waals surface area contributed by atoms with Crippen LogP contribution in [-0.2, 0) is 14.6 Å². The molecule has 0 saturated carbocycles. The van der Waals surface area contributed by atoms with Crippen molar-refractivity contribution in [1.29, 1.82) is 0 Å². The van der Waals surface area contributed by atoms with Gasteiger partial charge in [-0.3, -0.25) is 19.3 Å². The average Bonchev–Trinajstić information content (AvgIpc) is 3.19. The molecule has 1 N–H and O–H groups in total. The van der Waals surface area contributed by atoms with Crippen LogP contribution in [0.1, 0.15) is 46.2 Å². The highest BCUT2D eigenvalue weighted by Crippen LogP contribution is 2.41. The molecule has 11 heteroatoms. The molecule has 2 aromatic rings. The van der Waals surface area contributed by atoms with E-state index in [1.54, 1.807) is 25.1 Å². The third-order valence-corrected chi connectivity index (χ3v) is 6.42. The van der Waals surface area contributed by atoms with Crippen molar-refractivity contribution in [2.24, 2.45) is 0 Å². The normalized spacial score (nSPS) is 14.4. The molecular formula is C20H22N2O7S2. The maximum atomic E-state index is 13.2. The van der Waals surface area contributed by atoms with Crippen LogP contribution in [0.25, 0.3) is 0 Å². The summed E-state index contributed by atoms with van der Waals surface area (Å²) in [5, 5.41) is 4.29. The average molecular weight is 467 g/mol. The van der Waals surface area contributed by atoms with E-state index in [0.29, 0.717) is 23.7 Å². The van der Waals surface area contributed by atoms with Crippen LogP contribution >= 0.6 is 11.3 Å². The van der Waals surface area contributed by atoms with Crippen molar-refractivity contribution in [2.75, 3.05) is 31.0 Å². The minimum absolute atomic E-state index is 0.0715. The van der Waals surface area contributed by atoms with Crippen LogP contribution < -0.4 is 14.8 Å². The van der Waals surface area contributed by atoms with E-state index in [0.717, 1.165) is 22.5 Å². The van der Waals surface area contributed by atoms with Gasteiger partial charge in [0.2, 0.25) is 5.91 Å². The molecule has 0 spiro atoms. The number of carbonyl (C=O) groups excluding carboxylic acids is 3. The molecule has 0 aliphatic carbocycles. The molecule has 2 heterocycles. The predicted molar refractivity (Wildman–Crippen MR) is 116 cm³/mol. The van der Waals surface area contributed by atoms with Crippen LogP contribution in [0.15, 0.2) is 23.6 Å². The van der Waals surface area contributed by atoms with E-state index in [1.165, 1.54) is 19.4 Å². The minimum Gasteiger partial charge on any atom is -0.493 e. The van der Waals surface area contributed by atoms with Crippen molar-refractivity contribution in [3.63, 3.8) is 0 Å². The maximum Gasteiger partial charge on any atom is 0.265 e. The molecule has 1 atom stereocenters. The number of hydrogen-bond donors (Lipinski definition) is 1. The first kappa shape index (κ1) is 22.8. The molecule has 3 amide bonds. The lowest BCUT2D eigenvalue weighted by atomic mass is 10.1. The van der Waals surface area contributed by atoms with Crippen LogP contribution in [-0.4, -0.2) is 56.8 Å². The number of thiophene rings is 1. The van der Waals surface area contributed by atoms with Gasteiger partial charge in [-0.1, -0.05) is 6.07 Å². The Morgan fingerprint density at radius 3 is 2.52 bits per heavy atom. The molecule has 0 bridgehead atoms. The van der Waals surface area contributed by atoms with Crippen molar-refractivity contribution >= 4 is 43.9 Å². The Morgan fingerprint density at radius 2 is 1.94 bits per heavy atom. The lowest BCUT2D eigenvalue weighted by Crippen LogP contribution is -2.38. The van der Waals surface area contributed by atoms with E-state index in [-0.39, 0.29) is 22.0 Å². The zero-order valence-electron chi connectivity index (χ0n) is 17.4. The molecule has 1 aliphatic rings. The van der Waals surface area contributed by atoms with Gasteiger partial charge in [0, 0.05) is 18.6 Å². The quantitative estimate of drug-likeness (QED) is 0.594. The van der Waals surface area contributed by atoms with Crippen molar-refractivity contribution in [2.45, 2.75) is 19.9 Å². The molecule has 0 saturated heterocycles. The third kappa shape index (κ3) is 4.57. The van der Waals surface area contributed by atoms with Crippen molar-refractivity contribution in [3.05, 3.63) is 40.3 Å². The summed E-state index contributed by atoms with van der Waals surface area (Å²) in [6.45, 7) is 3.42. The fourth-order valence-corrected chi connectivity index (χ4v) is 5.27. The first-order valence-electron chi connectivity index (χ1n) is 9.32. The topological polar surface area (TPSA) is 119 Å². The van der Waals surface area contributed by atoms with Gasteiger partial charge in [-0.15, -0.1) is 11.3 Å². The Labute approximate surface area is 183 Å².